The van der Waals surface area contributed by atoms with Gasteiger partial charge < -0.3 is 15.2 Å². The van der Waals surface area contributed by atoms with Crippen LogP contribution in [0.1, 0.15) is 55.6 Å². The fraction of sp³-hybridized carbons (Fsp3) is 0.448. The van der Waals surface area contributed by atoms with Gasteiger partial charge in [0.2, 0.25) is 0 Å². The number of fused-ring (bicyclic) bond motifs is 1. The van der Waals surface area contributed by atoms with E-state index in [1.807, 2.05) is 6.08 Å². The molecule has 4 aliphatic rings. The lowest BCUT2D eigenvalue weighted by molar-refractivity contribution is 0.142. The van der Waals surface area contributed by atoms with Crippen molar-refractivity contribution in [3.8, 4) is 0 Å². The van der Waals surface area contributed by atoms with E-state index in [-0.39, 0.29) is 17.0 Å². The van der Waals surface area contributed by atoms with Crippen molar-refractivity contribution in [1.29, 1.82) is 0 Å². The summed E-state index contributed by atoms with van der Waals surface area (Å²) in [6.07, 6.45) is 9.86. The molecule has 2 N–H and O–H groups in total. The van der Waals surface area contributed by atoms with E-state index in [1.165, 1.54) is 11.6 Å². The Morgan fingerprint density at radius 2 is 2.06 bits per heavy atom. The van der Waals surface area contributed by atoms with Crippen LogP contribution in [-0.4, -0.2) is 41.6 Å². The fourth-order valence-corrected chi connectivity index (χ4v) is 5.61. The minimum absolute atomic E-state index is 0.0604. The Kier molecular flexibility index (Phi) is 6.44. The molecule has 2 aliphatic heterocycles. The zero-order valence-electron chi connectivity index (χ0n) is 20.2. The van der Waals surface area contributed by atoms with Crippen LogP contribution in [0.5, 0.6) is 0 Å². The van der Waals surface area contributed by atoms with Gasteiger partial charge in [-0.05, 0) is 66.8 Å². The molecule has 2 aromatic carbocycles. The Balaban J connectivity index is 1.30. The lowest BCUT2D eigenvalue weighted by atomic mass is 9.89. The molecule has 1 saturated heterocycles. The number of ether oxygens (including phenoxy) is 1. The molecule has 2 heterocycles. The van der Waals surface area contributed by atoms with Gasteiger partial charge in [0.05, 0.1) is 23.3 Å². The molecule has 3 fully saturated rings. The highest BCUT2D eigenvalue weighted by molar-refractivity contribution is 6.31. The first-order valence-electron chi connectivity index (χ1n) is 13.0. The number of rotatable bonds is 5. The zero-order valence-corrected chi connectivity index (χ0v) is 20.9. The number of nitrogens with one attached hydrogen (secondary N) is 1. The van der Waals surface area contributed by atoms with Gasteiger partial charge in [-0.3, -0.25) is 4.99 Å². The summed E-state index contributed by atoms with van der Waals surface area (Å²) < 4.78 is 19.3. The first-order chi connectivity index (χ1) is 17.5. The van der Waals surface area contributed by atoms with Crippen LogP contribution in [0.15, 0.2) is 58.5 Å². The van der Waals surface area contributed by atoms with Gasteiger partial charge in [-0.1, -0.05) is 54.4 Å². The van der Waals surface area contributed by atoms with E-state index in [9.17, 15) is 9.50 Å². The van der Waals surface area contributed by atoms with Gasteiger partial charge in [0, 0.05) is 24.6 Å². The Morgan fingerprint density at radius 3 is 2.81 bits per heavy atom. The van der Waals surface area contributed by atoms with Crippen molar-refractivity contribution in [2.24, 2.45) is 21.8 Å². The molecule has 4 unspecified atom stereocenters. The van der Waals surface area contributed by atoms with Crippen LogP contribution in [0.3, 0.4) is 0 Å². The molecule has 2 aromatic rings. The van der Waals surface area contributed by atoms with Crippen LogP contribution in [-0.2, 0) is 4.74 Å². The van der Waals surface area contributed by atoms with Gasteiger partial charge in [0.1, 0.15) is 17.5 Å². The summed E-state index contributed by atoms with van der Waals surface area (Å²) in [5.74, 6) is 2.20. The number of nitrogens with zero attached hydrogens (tertiary/aromatic N) is 2. The van der Waals surface area contributed by atoms with Crippen LogP contribution in [0.4, 0.5) is 10.1 Å². The van der Waals surface area contributed by atoms with Crippen molar-refractivity contribution in [2.45, 2.75) is 56.1 Å². The standard InChI is InChI=1S/C29H31ClFN3O2/c30-25-15-20(8-9-26(25)31)32-27-7-2-1-6-22(28(34-27)33-21-11-13-36-17-21)19-5-3-4-18(14-19)10-12-29(35)23-16-24(23)29/h3-5,8-10,12,14-15,21-24,35H,1-2,6-7,11,13,16-17H2,(H,32,33,34)/b12-10+. The van der Waals surface area contributed by atoms with E-state index in [0.29, 0.717) is 24.1 Å². The van der Waals surface area contributed by atoms with Crippen molar-refractivity contribution in [3.05, 3.63) is 70.5 Å². The van der Waals surface area contributed by atoms with E-state index in [1.54, 1.807) is 12.1 Å². The van der Waals surface area contributed by atoms with Gasteiger partial charge in [-0.15, -0.1) is 0 Å². The molecule has 188 valence electrons. The lowest BCUT2D eigenvalue weighted by Crippen LogP contribution is -2.22. The molecular weight excluding hydrogens is 477 g/mol. The maximum absolute atomic E-state index is 13.7. The number of halogens is 2. The van der Waals surface area contributed by atoms with E-state index < -0.39 is 11.4 Å². The number of aliphatic imine (C=N–C) groups is 2. The summed E-state index contributed by atoms with van der Waals surface area (Å²) in [6.45, 7) is 1.34. The molecule has 7 heteroatoms. The number of hydrogen-bond donors (Lipinski definition) is 2. The molecule has 0 aromatic heterocycles. The molecule has 2 saturated carbocycles. The third-order valence-electron chi connectivity index (χ3n) is 7.87. The maximum atomic E-state index is 13.7. The first-order valence-corrected chi connectivity index (χ1v) is 13.3. The highest BCUT2D eigenvalue weighted by Gasteiger charge is 2.75. The molecule has 6 rings (SSSR count). The molecule has 0 amide bonds. The van der Waals surface area contributed by atoms with Gasteiger partial charge in [-0.25, -0.2) is 9.38 Å². The molecule has 0 radical (unpaired) electrons. The number of benzene rings is 2. The van der Waals surface area contributed by atoms with E-state index in [4.69, 9.17) is 26.3 Å². The third-order valence-corrected chi connectivity index (χ3v) is 8.16. The monoisotopic (exact) mass is 507 g/mol. The van der Waals surface area contributed by atoms with E-state index in [2.05, 4.69) is 35.7 Å². The predicted octanol–water partition coefficient (Wildman–Crippen LogP) is 6.23. The molecule has 4 atom stereocenters. The highest BCUT2D eigenvalue weighted by Crippen LogP contribution is 2.71. The van der Waals surface area contributed by atoms with Gasteiger partial charge in [0.25, 0.3) is 0 Å². The van der Waals surface area contributed by atoms with Gasteiger partial charge in [0.15, 0.2) is 0 Å². The van der Waals surface area contributed by atoms with Crippen LogP contribution >= 0.6 is 11.6 Å². The number of hydrogen-bond acceptors (Lipinski definition) is 4. The zero-order chi connectivity index (χ0) is 24.7. The van der Waals surface area contributed by atoms with Crippen molar-refractivity contribution in [3.63, 3.8) is 0 Å². The Bertz CT molecular complexity index is 1230. The second-order valence-corrected chi connectivity index (χ2v) is 10.9. The Labute approximate surface area is 216 Å². The molecular formula is C29H31ClFN3O2. The third kappa shape index (κ3) is 4.99. The second kappa shape index (κ2) is 9.73. The largest absolute Gasteiger partial charge is 0.385 e. The summed E-state index contributed by atoms with van der Waals surface area (Å²) in [5, 5.41) is 13.9. The SMILES string of the molecule is OC1(/C=C/c2cccc(C3CCCCC(Nc4ccc(F)c(Cl)c4)=NC3=NC3CCOC3)c2)C2CC21. The number of aliphatic hydroxyl groups is 1. The summed E-state index contributed by atoms with van der Waals surface area (Å²) in [4.78, 5) is 10.1. The quantitative estimate of drug-likeness (QED) is 0.504. The minimum Gasteiger partial charge on any atom is -0.385 e. The van der Waals surface area contributed by atoms with Crippen LogP contribution in [0.25, 0.3) is 6.08 Å². The number of anilines is 1. The number of amidine groups is 2. The Morgan fingerprint density at radius 1 is 1.17 bits per heavy atom. The normalized spacial score (nSPS) is 32.6. The lowest BCUT2D eigenvalue weighted by Gasteiger charge is -2.23. The fourth-order valence-electron chi connectivity index (χ4n) is 5.43. The average Bonchev–Trinajstić information content (AvgIpc) is 3.72. The van der Waals surface area contributed by atoms with Crippen molar-refractivity contribution >= 4 is 35.0 Å². The van der Waals surface area contributed by atoms with Crippen molar-refractivity contribution < 1.29 is 14.2 Å². The predicted molar refractivity (Wildman–Crippen MR) is 142 cm³/mol. The molecule has 0 spiro atoms. The van der Waals surface area contributed by atoms with Gasteiger partial charge in [-0.2, -0.15) is 0 Å². The summed E-state index contributed by atoms with van der Waals surface area (Å²) >= 11 is 6.00. The highest BCUT2D eigenvalue weighted by atomic mass is 35.5. The van der Waals surface area contributed by atoms with Crippen LogP contribution in [0.2, 0.25) is 5.02 Å². The van der Waals surface area contributed by atoms with Crippen LogP contribution < -0.4 is 5.32 Å². The minimum atomic E-state index is -0.570. The first kappa shape index (κ1) is 23.8. The maximum Gasteiger partial charge on any atom is 0.141 e. The van der Waals surface area contributed by atoms with E-state index in [0.717, 1.165) is 62.4 Å². The molecule has 36 heavy (non-hydrogen) atoms. The smallest absolute Gasteiger partial charge is 0.141 e. The van der Waals surface area contributed by atoms with Crippen molar-refractivity contribution in [1.82, 2.24) is 0 Å². The van der Waals surface area contributed by atoms with Crippen LogP contribution in [0, 0.1) is 17.7 Å². The molecule has 5 nitrogen and oxygen atoms in total. The average molecular weight is 508 g/mol. The molecule has 0 bridgehead atoms. The topological polar surface area (TPSA) is 66.2 Å². The second-order valence-electron chi connectivity index (χ2n) is 10.5. The summed E-state index contributed by atoms with van der Waals surface area (Å²) in [6, 6.07) is 13.2. The summed E-state index contributed by atoms with van der Waals surface area (Å²) in [5.41, 5.74) is 2.40. The van der Waals surface area contributed by atoms with E-state index >= 15 is 0 Å². The van der Waals surface area contributed by atoms with Gasteiger partial charge >= 0.3 is 0 Å². The van der Waals surface area contributed by atoms with Crippen molar-refractivity contribution in [2.75, 3.05) is 18.5 Å². The molecule has 2 aliphatic carbocycles. The Hall–Kier alpha value is -2.54. The summed E-state index contributed by atoms with van der Waals surface area (Å²) in [7, 11) is 0.